The van der Waals surface area contributed by atoms with Gasteiger partial charge in [0.1, 0.15) is 21.3 Å². The molecule has 0 amide bonds. The molecule has 1 aliphatic rings. The largest absolute Gasteiger partial charge is 0.497 e. The number of ether oxygens (including phenoxy) is 1. The van der Waals surface area contributed by atoms with Gasteiger partial charge < -0.3 is 9.30 Å². The third-order valence-electron chi connectivity index (χ3n) is 5.38. The summed E-state index contributed by atoms with van der Waals surface area (Å²) in [6.07, 6.45) is 2.45. The maximum atomic E-state index is 13.0. The van der Waals surface area contributed by atoms with Crippen molar-refractivity contribution in [2.75, 3.05) is 20.2 Å². The topological polar surface area (TPSA) is 77.3 Å². The summed E-state index contributed by atoms with van der Waals surface area (Å²) in [7, 11) is -1.84. The Morgan fingerprint density at radius 1 is 1.13 bits per heavy atom. The first-order chi connectivity index (χ1) is 14.6. The lowest BCUT2D eigenvalue weighted by atomic mass is 10.2. The fourth-order valence-corrected chi connectivity index (χ4v) is 6.53. The van der Waals surface area contributed by atoms with E-state index in [4.69, 9.17) is 9.72 Å². The first-order valence-corrected chi connectivity index (χ1v) is 11.9. The second-order valence-corrected chi connectivity index (χ2v) is 10.2. The molecule has 9 heteroatoms. The smallest absolute Gasteiger partial charge is 0.252 e. The van der Waals surface area contributed by atoms with Crippen molar-refractivity contribution in [1.29, 1.82) is 0 Å². The van der Waals surface area contributed by atoms with Crippen LogP contribution in [0.3, 0.4) is 0 Å². The molecule has 0 spiro atoms. The van der Waals surface area contributed by atoms with Gasteiger partial charge in [0.15, 0.2) is 5.65 Å². The summed E-state index contributed by atoms with van der Waals surface area (Å²) in [5.41, 5.74) is 2.50. The second-order valence-electron chi connectivity index (χ2n) is 7.12. The van der Waals surface area contributed by atoms with E-state index in [0.29, 0.717) is 23.7 Å². The number of imidazole rings is 1. The average molecular weight is 441 g/mol. The molecule has 3 aromatic heterocycles. The fraction of sp³-hybridized carbons (Fsp3) is 0.238. The molecule has 1 saturated heterocycles. The van der Waals surface area contributed by atoms with E-state index in [-0.39, 0.29) is 6.04 Å². The van der Waals surface area contributed by atoms with Crippen LogP contribution in [0, 0.1) is 0 Å². The molecule has 30 heavy (non-hydrogen) atoms. The average Bonchev–Trinajstić information content (AvgIpc) is 3.53. The highest BCUT2D eigenvalue weighted by atomic mass is 32.2. The van der Waals surface area contributed by atoms with Crippen molar-refractivity contribution in [3.8, 4) is 17.1 Å². The molecule has 0 bridgehead atoms. The van der Waals surface area contributed by atoms with E-state index in [1.807, 2.05) is 36.4 Å². The van der Waals surface area contributed by atoms with Gasteiger partial charge in [0.25, 0.3) is 10.0 Å². The van der Waals surface area contributed by atoms with Crippen LogP contribution in [0.25, 0.3) is 22.6 Å². The van der Waals surface area contributed by atoms with Crippen molar-refractivity contribution in [3.63, 3.8) is 0 Å². The minimum Gasteiger partial charge on any atom is -0.497 e. The number of benzene rings is 1. The molecule has 4 heterocycles. The SMILES string of the molecule is COc1ccc(-c2nc3cccnc3n2C2CCN(S(=O)(=O)c3cccs3)C2)cc1. The van der Waals surface area contributed by atoms with E-state index >= 15 is 0 Å². The monoisotopic (exact) mass is 440 g/mol. The van der Waals surface area contributed by atoms with Gasteiger partial charge in [0.2, 0.25) is 0 Å². The number of hydrogen-bond acceptors (Lipinski definition) is 6. The Kier molecular flexibility index (Phi) is 4.80. The second kappa shape index (κ2) is 7.50. The highest BCUT2D eigenvalue weighted by Crippen LogP contribution is 2.35. The number of nitrogens with zero attached hydrogens (tertiary/aromatic N) is 4. The maximum Gasteiger partial charge on any atom is 0.252 e. The molecule has 1 atom stereocenters. The van der Waals surface area contributed by atoms with Crippen LogP contribution in [0.1, 0.15) is 12.5 Å². The van der Waals surface area contributed by atoms with Gasteiger partial charge in [0, 0.05) is 24.8 Å². The van der Waals surface area contributed by atoms with Crippen LogP contribution in [0.2, 0.25) is 0 Å². The molecule has 4 aromatic rings. The number of methoxy groups -OCH3 is 1. The van der Waals surface area contributed by atoms with Crippen molar-refractivity contribution in [2.24, 2.45) is 0 Å². The number of rotatable bonds is 5. The summed E-state index contributed by atoms with van der Waals surface area (Å²) in [6.45, 7) is 0.866. The van der Waals surface area contributed by atoms with Crippen molar-refractivity contribution in [1.82, 2.24) is 18.8 Å². The molecule has 0 aliphatic carbocycles. The normalized spacial score (nSPS) is 17.6. The summed E-state index contributed by atoms with van der Waals surface area (Å²) < 4.78 is 35.3. The van der Waals surface area contributed by atoms with Gasteiger partial charge >= 0.3 is 0 Å². The van der Waals surface area contributed by atoms with Gasteiger partial charge in [-0.1, -0.05) is 6.07 Å². The standard InChI is InChI=1S/C21H20N4O3S2/c1-28-17-8-6-15(7-9-17)20-23-18-4-2-11-22-21(18)25(20)16-10-12-24(14-16)30(26,27)19-5-3-13-29-19/h2-9,11,13,16H,10,12,14H2,1H3. The van der Waals surface area contributed by atoms with Crippen LogP contribution in [-0.2, 0) is 10.0 Å². The minimum absolute atomic E-state index is 0.0447. The quantitative estimate of drug-likeness (QED) is 0.472. The first kappa shape index (κ1) is 19.2. The van der Waals surface area contributed by atoms with Gasteiger partial charge in [-0.3, -0.25) is 0 Å². The molecule has 1 unspecified atom stereocenters. The summed E-state index contributed by atoms with van der Waals surface area (Å²) >= 11 is 1.25. The van der Waals surface area contributed by atoms with Gasteiger partial charge in [-0.2, -0.15) is 4.31 Å². The Balaban J connectivity index is 1.55. The predicted octanol–water partition coefficient (Wildman–Crippen LogP) is 3.80. The van der Waals surface area contributed by atoms with E-state index in [9.17, 15) is 8.42 Å². The lowest BCUT2D eigenvalue weighted by Gasteiger charge is -2.18. The van der Waals surface area contributed by atoms with Crippen LogP contribution in [0.15, 0.2) is 64.3 Å². The zero-order valence-electron chi connectivity index (χ0n) is 16.3. The molecule has 5 rings (SSSR count). The van der Waals surface area contributed by atoms with Crippen LogP contribution < -0.4 is 4.74 Å². The number of aromatic nitrogens is 3. The third-order valence-corrected chi connectivity index (χ3v) is 8.62. The Hall–Kier alpha value is -2.75. The molecule has 0 radical (unpaired) electrons. The van der Waals surface area contributed by atoms with Crippen LogP contribution in [0.5, 0.6) is 5.75 Å². The molecule has 0 saturated carbocycles. The molecule has 1 aliphatic heterocycles. The van der Waals surface area contributed by atoms with E-state index in [2.05, 4.69) is 9.55 Å². The third kappa shape index (κ3) is 3.19. The van der Waals surface area contributed by atoms with Crippen molar-refractivity contribution < 1.29 is 13.2 Å². The fourth-order valence-electron chi connectivity index (χ4n) is 3.90. The Bertz CT molecular complexity index is 1280. The molecule has 1 fully saturated rings. The molecule has 0 N–H and O–H groups in total. The molecular weight excluding hydrogens is 420 g/mol. The zero-order chi connectivity index (χ0) is 20.7. The summed E-state index contributed by atoms with van der Waals surface area (Å²) in [6, 6.07) is 14.9. The van der Waals surface area contributed by atoms with E-state index < -0.39 is 10.0 Å². The molecule has 1 aromatic carbocycles. The van der Waals surface area contributed by atoms with E-state index in [0.717, 1.165) is 28.3 Å². The summed E-state index contributed by atoms with van der Waals surface area (Å²) in [4.78, 5) is 9.37. The lowest BCUT2D eigenvalue weighted by molar-refractivity contribution is 0.415. The minimum atomic E-state index is -3.48. The van der Waals surface area contributed by atoms with E-state index in [1.165, 1.54) is 11.3 Å². The Labute approximate surface area is 178 Å². The zero-order valence-corrected chi connectivity index (χ0v) is 17.9. The summed E-state index contributed by atoms with van der Waals surface area (Å²) in [5, 5.41) is 1.79. The Morgan fingerprint density at radius 2 is 1.97 bits per heavy atom. The number of sulfonamides is 1. The highest BCUT2D eigenvalue weighted by Gasteiger charge is 2.35. The number of pyridine rings is 1. The van der Waals surface area contributed by atoms with Crippen molar-refractivity contribution >= 4 is 32.5 Å². The van der Waals surface area contributed by atoms with Crippen LogP contribution >= 0.6 is 11.3 Å². The van der Waals surface area contributed by atoms with Gasteiger partial charge in [-0.25, -0.2) is 18.4 Å². The van der Waals surface area contributed by atoms with E-state index in [1.54, 1.807) is 35.1 Å². The molecule has 154 valence electrons. The summed E-state index contributed by atoms with van der Waals surface area (Å²) in [5.74, 6) is 1.56. The van der Waals surface area contributed by atoms with Gasteiger partial charge in [0.05, 0.1) is 13.2 Å². The maximum absolute atomic E-state index is 13.0. The molecule has 7 nitrogen and oxygen atoms in total. The number of hydrogen-bond donors (Lipinski definition) is 0. The lowest BCUT2D eigenvalue weighted by Crippen LogP contribution is -2.28. The van der Waals surface area contributed by atoms with Crippen LogP contribution in [0.4, 0.5) is 0 Å². The molecular formula is C21H20N4O3S2. The van der Waals surface area contributed by atoms with Crippen molar-refractivity contribution in [2.45, 2.75) is 16.7 Å². The van der Waals surface area contributed by atoms with Crippen LogP contribution in [-0.4, -0.2) is 47.5 Å². The first-order valence-electron chi connectivity index (χ1n) is 9.59. The number of thiophene rings is 1. The Morgan fingerprint density at radius 3 is 2.70 bits per heavy atom. The predicted molar refractivity (Wildman–Crippen MR) is 116 cm³/mol. The highest BCUT2D eigenvalue weighted by molar-refractivity contribution is 7.91. The van der Waals surface area contributed by atoms with Gasteiger partial charge in [-0.05, 0) is 54.3 Å². The van der Waals surface area contributed by atoms with Crippen molar-refractivity contribution in [3.05, 3.63) is 60.1 Å². The number of fused-ring (bicyclic) bond motifs is 1. The van der Waals surface area contributed by atoms with Gasteiger partial charge in [-0.15, -0.1) is 11.3 Å².